The summed E-state index contributed by atoms with van der Waals surface area (Å²) >= 11 is 0. The first kappa shape index (κ1) is 18.0. The average molecular weight is 398 g/mol. The minimum absolute atomic E-state index is 0.0418. The molecule has 1 N–H and O–H groups in total. The van der Waals surface area contributed by atoms with E-state index in [0.717, 1.165) is 35.1 Å². The molecular weight excluding hydrogens is 378 g/mol. The summed E-state index contributed by atoms with van der Waals surface area (Å²) in [7, 11) is 0. The number of amides is 1. The molecule has 1 aromatic carbocycles. The van der Waals surface area contributed by atoms with Gasteiger partial charge in [0.25, 0.3) is 0 Å². The molecule has 0 bridgehead atoms. The summed E-state index contributed by atoms with van der Waals surface area (Å²) in [5.74, 6) is 0.823. The van der Waals surface area contributed by atoms with E-state index in [2.05, 4.69) is 15.0 Å². The molecule has 1 aliphatic carbocycles. The Labute approximate surface area is 165 Å². The van der Waals surface area contributed by atoms with Gasteiger partial charge in [-0.3, -0.25) is 4.79 Å². The SMILES string of the molecule is O=C1C(C2CC2)C(c2ccc(OCCC(F)F)nc2)N1c1ccc2nc[nH]c2c1. The first-order valence-electron chi connectivity index (χ1n) is 9.75. The molecule has 2 atom stereocenters. The van der Waals surface area contributed by atoms with E-state index in [9.17, 15) is 13.6 Å². The molecule has 5 rings (SSSR count). The second kappa shape index (κ2) is 7.09. The van der Waals surface area contributed by atoms with Crippen molar-refractivity contribution in [3.05, 3.63) is 48.4 Å². The van der Waals surface area contributed by atoms with Gasteiger partial charge in [0.15, 0.2) is 0 Å². The zero-order chi connectivity index (χ0) is 20.0. The number of hydrogen-bond acceptors (Lipinski definition) is 4. The maximum atomic E-state index is 13.0. The maximum Gasteiger partial charge on any atom is 0.241 e. The minimum Gasteiger partial charge on any atom is -0.477 e. The highest BCUT2D eigenvalue weighted by atomic mass is 19.3. The number of anilines is 1. The summed E-state index contributed by atoms with van der Waals surface area (Å²) in [6.45, 7) is -0.0764. The molecule has 1 amide bonds. The number of rotatable bonds is 7. The van der Waals surface area contributed by atoms with Crippen molar-refractivity contribution in [2.45, 2.75) is 31.7 Å². The molecule has 6 nitrogen and oxygen atoms in total. The number of nitrogens with zero attached hydrogens (tertiary/aromatic N) is 3. The van der Waals surface area contributed by atoms with Crippen molar-refractivity contribution in [3.63, 3.8) is 0 Å². The first-order valence-corrected chi connectivity index (χ1v) is 9.75. The fourth-order valence-corrected chi connectivity index (χ4v) is 4.05. The number of aromatic nitrogens is 3. The van der Waals surface area contributed by atoms with Crippen molar-refractivity contribution < 1.29 is 18.3 Å². The Kier molecular flexibility index (Phi) is 4.41. The molecule has 2 fully saturated rings. The van der Waals surface area contributed by atoms with Crippen LogP contribution < -0.4 is 9.64 Å². The maximum absolute atomic E-state index is 13.0. The molecule has 3 aromatic rings. The second-order valence-electron chi connectivity index (χ2n) is 7.58. The molecule has 2 unspecified atom stereocenters. The van der Waals surface area contributed by atoms with Gasteiger partial charge in [-0.15, -0.1) is 0 Å². The van der Waals surface area contributed by atoms with E-state index >= 15 is 0 Å². The van der Waals surface area contributed by atoms with Crippen molar-refractivity contribution in [1.82, 2.24) is 15.0 Å². The van der Waals surface area contributed by atoms with Crippen LogP contribution in [0, 0.1) is 11.8 Å². The summed E-state index contributed by atoms with van der Waals surface area (Å²) in [6, 6.07) is 9.22. The van der Waals surface area contributed by atoms with Gasteiger partial charge in [0, 0.05) is 24.4 Å². The second-order valence-corrected chi connectivity index (χ2v) is 7.58. The lowest BCUT2D eigenvalue weighted by molar-refractivity contribution is -0.131. The fourth-order valence-electron chi connectivity index (χ4n) is 4.05. The number of halogens is 2. The third-order valence-corrected chi connectivity index (χ3v) is 5.64. The Morgan fingerprint density at radius 1 is 1.21 bits per heavy atom. The van der Waals surface area contributed by atoms with E-state index in [1.165, 1.54) is 0 Å². The molecule has 1 saturated heterocycles. The van der Waals surface area contributed by atoms with Crippen molar-refractivity contribution in [2.24, 2.45) is 11.8 Å². The Morgan fingerprint density at radius 3 is 2.79 bits per heavy atom. The minimum atomic E-state index is -2.39. The number of β-lactam (4-membered cyclic amide) rings is 1. The van der Waals surface area contributed by atoms with E-state index in [-0.39, 0.29) is 30.9 Å². The predicted molar refractivity (Wildman–Crippen MR) is 103 cm³/mol. The van der Waals surface area contributed by atoms with E-state index in [0.29, 0.717) is 11.8 Å². The number of hydrogen-bond donors (Lipinski definition) is 1. The van der Waals surface area contributed by atoms with E-state index < -0.39 is 6.43 Å². The lowest BCUT2D eigenvalue weighted by Gasteiger charge is -2.47. The average Bonchev–Trinajstić information content (AvgIpc) is 3.41. The van der Waals surface area contributed by atoms with Gasteiger partial charge in [-0.25, -0.2) is 18.7 Å². The number of ether oxygens (including phenoxy) is 1. The summed E-state index contributed by atoms with van der Waals surface area (Å²) in [6.07, 6.45) is 2.74. The van der Waals surface area contributed by atoms with Crippen LogP contribution >= 0.6 is 0 Å². The van der Waals surface area contributed by atoms with Crippen LogP contribution in [0.5, 0.6) is 5.88 Å². The van der Waals surface area contributed by atoms with Gasteiger partial charge in [-0.1, -0.05) is 6.07 Å². The molecule has 150 valence electrons. The summed E-state index contributed by atoms with van der Waals surface area (Å²) in [4.78, 5) is 26.4. The van der Waals surface area contributed by atoms with Crippen LogP contribution in [0.15, 0.2) is 42.9 Å². The molecular formula is C21H20F2N4O2. The van der Waals surface area contributed by atoms with Gasteiger partial charge in [0.05, 0.1) is 35.9 Å². The van der Waals surface area contributed by atoms with Crippen LogP contribution in [0.4, 0.5) is 14.5 Å². The van der Waals surface area contributed by atoms with Crippen molar-refractivity contribution in [3.8, 4) is 5.88 Å². The third-order valence-electron chi connectivity index (χ3n) is 5.64. The van der Waals surface area contributed by atoms with Crippen molar-refractivity contribution in [1.29, 1.82) is 0 Å². The monoisotopic (exact) mass is 398 g/mol. The van der Waals surface area contributed by atoms with Crippen molar-refractivity contribution >= 4 is 22.6 Å². The molecule has 2 aliphatic rings. The first-order chi connectivity index (χ1) is 14.1. The lowest BCUT2D eigenvalue weighted by Crippen LogP contribution is -2.56. The van der Waals surface area contributed by atoms with Crippen LogP contribution in [0.25, 0.3) is 11.0 Å². The smallest absolute Gasteiger partial charge is 0.241 e. The number of pyridine rings is 1. The normalized spacial score (nSPS) is 21.6. The van der Waals surface area contributed by atoms with Crippen LogP contribution in [-0.4, -0.2) is 33.9 Å². The van der Waals surface area contributed by atoms with Gasteiger partial charge in [-0.05, 0) is 42.5 Å². The Balaban J connectivity index is 1.40. The van der Waals surface area contributed by atoms with Gasteiger partial charge >= 0.3 is 0 Å². The quantitative estimate of drug-likeness (QED) is 0.608. The zero-order valence-corrected chi connectivity index (χ0v) is 15.6. The van der Waals surface area contributed by atoms with Crippen LogP contribution in [0.1, 0.15) is 30.9 Å². The number of nitrogens with one attached hydrogen (secondary N) is 1. The van der Waals surface area contributed by atoms with Crippen LogP contribution in [0.2, 0.25) is 0 Å². The molecule has 8 heteroatoms. The standard InChI is InChI=1S/C21H20F2N4O2/c22-17(23)7-8-29-18-6-3-13(10-24-18)20-19(12-1-2-12)21(28)27(20)14-4-5-15-16(9-14)26-11-25-15/h3-6,9-12,17,19-20H,1-2,7-8H2,(H,25,26). The Hall–Kier alpha value is -3.03. The molecule has 0 radical (unpaired) electrons. The topological polar surface area (TPSA) is 71.1 Å². The highest BCUT2D eigenvalue weighted by Gasteiger charge is 2.55. The fraction of sp³-hybridized carbons (Fsp3) is 0.381. The highest BCUT2D eigenvalue weighted by molar-refractivity contribution is 6.04. The van der Waals surface area contributed by atoms with Crippen LogP contribution in [-0.2, 0) is 4.79 Å². The Morgan fingerprint density at radius 2 is 2.07 bits per heavy atom. The number of imidazole rings is 1. The summed E-state index contributed by atoms with van der Waals surface area (Å²) in [5.41, 5.74) is 3.48. The molecule has 1 saturated carbocycles. The number of alkyl halides is 2. The van der Waals surface area contributed by atoms with Crippen LogP contribution in [0.3, 0.4) is 0 Å². The number of aromatic amines is 1. The van der Waals surface area contributed by atoms with Gasteiger partial charge < -0.3 is 14.6 Å². The zero-order valence-electron chi connectivity index (χ0n) is 15.6. The molecule has 29 heavy (non-hydrogen) atoms. The number of benzene rings is 1. The number of carbonyl (C=O) groups excluding carboxylic acids is 1. The number of carbonyl (C=O) groups is 1. The lowest BCUT2D eigenvalue weighted by atomic mass is 9.79. The largest absolute Gasteiger partial charge is 0.477 e. The van der Waals surface area contributed by atoms with Gasteiger partial charge in [0.2, 0.25) is 18.2 Å². The summed E-state index contributed by atoms with van der Waals surface area (Å²) < 4.78 is 29.8. The van der Waals surface area contributed by atoms with Crippen molar-refractivity contribution in [2.75, 3.05) is 11.5 Å². The van der Waals surface area contributed by atoms with E-state index in [1.807, 2.05) is 29.2 Å². The molecule has 0 spiro atoms. The molecule has 2 aromatic heterocycles. The Bertz CT molecular complexity index is 1030. The third kappa shape index (κ3) is 3.32. The van der Waals surface area contributed by atoms with Gasteiger partial charge in [0.1, 0.15) is 0 Å². The summed E-state index contributed by atoms with van der Waals surface area (Å²) in [5, 5.41) is 0. The predicted octanol–water partition coefficient (Wildman–Crippen LogP) is 4.11. The van der Waals surface area contributed by atoms with E-state index in [4.69, 9.17) is 4.74 Å². The number of fused-ring (bicyclic) bond motifs is 1. The van der Waals surface area contributed by atoms with E-state index in [1.54, 1.807) is 18.6 Å². The molecule has 1 aliphatic heterocycles. The van der Waals surface area contributed by atoms with Gasteiger partial charge in [-0.2, -0.15) is 0 Å². The molecule has 3 heterocycles. The highest BCUT2D eigenvalue weighted by Crippen LogP contribution is 2.53. The number of H-pyrrole nitrogens is 1.